The molecule has 0 aliphatic heterocycles. The zero-order valence-electron chi connectivity index (χ0n) is 19.4. The maximum absolute atomic E-state index is 12.5. The van der Waals surface area contributed by atoms with Gasteiger partial charge in [0.05, 0.1) is 13.7 Å². The summed E-state index contributed by atoms with van der Waals surface area (Å²) in [4.78, 5) is 12.5. The SMILES string of the molecule is COc1ccc(NC(=O)c2nnc(CNC(c3ccc(CC(C)C)cc3)C(C)C)s2)cc1. The molecule has 7 heteroatoms. The zero-order chi connectivity index (χ0) is 23.1. The predicted octanol–water partition coefficient (Wildman–Crippen LogP) is 5.48. The summed E-state index contributed by atoms with van der Waals surface area (Å²) in [6.45, 7) is 9.44. The number of hydrogen-bond donors (Lipinski definition) is 2. The lowest BCUT2D eigenvalue weighted by Crippen LogP contribution is -2.25. The predicted molar refractivity (Wildman–Crippen MR) is 130 cm³/mol. The monoisotopic (exact) mass is 452 g/mol. The van der Waals surface area contributed by atoms with Crippen LogP contribution in [0.1, 0.15) is 59.7 Å². The van der Waals surface area contributed by atoms with Crippen LogP contribution in [0.5, 0.6) is 5.75 Å². The van der Waals surface area contributed by atoms with Crippen molar-refractivity contribution in [3.8, 4) is 5.75 Å². The second-order valence-electron chi connectivity index (χ2n) is 8.63. The molecule has 0 aliphatic carbocycles. The Labute approximate surface area is 194 Å². The van der Waals surface area contributed by atoms with Crippen molar-refractivity contribution in [2.75, 3.05) is 12.4 Å². The molecule has 170 valence electrons. The van der Waals surface area contributed by atoms with Crippen molar-refractivity contribution in [2.45, 2.75) is 46.7 Å². The first-order valence-corrected chi connectivity index (χ1v) is 11.8. The van der Waals surface area contributed by atoms with Crippen LogP contribution in [0.25, 0.3) is 0 Å². The normalized spacial score (nSPS) is 12.2. The maximum atomic E-state index is 12.5. The number of methoxy groups -OCH3 is 1. The topological polar surface area (TPSA) is 76.1 Å². The second kappa shape index (κ2) is 11.2. The van der Waals surface area contributed by atoms with E-state index in [1.165, 1.54) is 22.5 Å². The minimum atomic E-state index is -0.264. The summed E-state index contributed by atoms with van der Waals surface area (Å²) in [5.74, 6) is 1.53. The number of anilines is 1. The summed E-state index contributed by atoms with van der Waals surface area (Å²) in [5.41, 5.74) is 3.31. The van der Waals surface area contributed by atoms with Gasteiger partial charge in [0.2, 0.25) is 5.01 Å². The number of hydrogen-bond acceptors (Lipinski definition) is 6. The van der Waals surface area contributed by atoms with Gasteiger partial charge in [-0.3, -0.25) is 4.79 Å². The van der Waals surface area contributed by atoms with E-state index in [-0.39, 0.29) is 11.9 Å². The fourth-order valence-corrected chi connectivity index (χ4v) is 4.23. The van der Waals surface area contributed by atoms with Crippen LogP contribution < -0.4 is 15.4 Å². The molecular weight excluding hydrogens is 420 g/mol. The quantitative estimate of drug-likeness (QED) is 0.426. The molecule has 2 aromatic carbocycles. The molecule has 3 aromatic rings. The minimum absolute atomic E-state index is 0.198. The highest BCUT2D eigenvalue weighted by molar-refractivity contribution is 7.13. The van der Waals surface area contributed by atoms with Crippen LogP contribution in [0, 0.1) is 11.8 Å². The molecule has 0 spiro atoms. The highest BCUT2D eigenvalue weighted by Gasteiger charge is 2.18. The third-order valence-corrected chi connectivity index (χ3v) is 6.05. The number of aromatic nitrogens is 2. The van der Waals surface area contributed by atoms with Crippen molar-refractivity contribution >= 4 is 22.9 Å². The molecule has 6 nitrogen and oxygen atoms in total. The van der Waals surface area contributed by atoms with Crippen molar-refractivity contribution in [1.29, 1.82) is 0 Å². The fourth-order valence-electron chi connectivity index (χ4n) is 3.54. The number of carbonyl (C=O) groups excluding carboxylic acids is 1. The van der Waals surface area contributed by atoms with Crippen LogP contribution in [0.2, 0.25) is 0 Å². The number of carbonyl (C=O) groups is 1. The van der Waals surface area contributed by atoms with E-state index in [4.69, 9.17) is 4.74 Å². The lowest BCUT2D eigenvalue weighted by Gasteiger charge is -2.23. The molecular formula is C25H32N4O2S. The molecule has 1 amide bonds. The van der Waals surface area contributed by atoms with Crippen molar-refractivity contribution in [1.82, 2.24) is 15.5 Å². The van der Waals surface area contributed by atoms with E-state index in [1.807, 2.05) is 0 Å². The molecule has 1 atom stereocenters. The van der Waals surface area contributed by atoms with Crippen LogP contribution in [0.4, 0.5) is 5.69 Å². The molecule has 2 N–H and O–H groups in total. The van der Waals surface area contributed by atoms with Crippen molar-refractivity contribution in [3.05, 3.63) is 69.7 Å². The van der Waals surface area contributed by atoms with Gasteiger partial charge in [-0.25, -0.2) is 0 Å². The Morgan fingerprint density at radius 1 is 1.00 bits per heavy atom. The fraction of sp³-hybridized carbons (Fsp3) is 0.400. The van der Waals surface area contributed by atoms with E-state index in [0.717, 1.165) is 17.2 Å². The molecule has 0 aliphatic rings. The Morgan fingerprint density at radius 3 is 2.28 bits per heavy atom. The Morgan fingerprint density at radius 2 is 1.69 bits per heavy atom. The van der Waals surface area contributed by atoms with Gasteiger partial charge in [0.1, 0.15) is 10.8 Å². The lowest BCUT2D eigenvalue weighted by atomic mass is 9.94. The molecule has 1 aromatic heterocycles. The average Bonchev–Trinajstić information content (AvgIpc) is 3.24. The van der Waals surface area contributed by atoms with E-state index < -0.39 is 0 Å². The molecule has 0 bridgehead atoms. The zero-order valence-corrected chi connectivity index (χ0v) is 20.2. The number of rotatable bonds is 10. The number of nitrogens with zero attached hydrogens (tertiary/aromatic N) is 2. The summed E-state index contributed by atoms with van der Waals surface area (Å²) < 4.78 is 5.14. The van der Waals surface area contributed by atoms with Crippen LogP contribution in [0.3, 0.4) is 0 Å². The van der Waals surface area contributed by atoms with Gasteiger partial charge in [-0.15, -0.1) is 10.2 Å². The number of benzene rings is 2. The third-order valence-electron chi connectivity index (χ3n) is 5.13. The highest BCUT2D eigenvalue weighted by Crippen LogP contribution is 2.24. The van der Waals surface area contributed by atoms with E-state index in [0.29, 0.717) is 29.1 Å². The van der Waals surface area contributed by atoms with Crippen molar-refractivity contribution < 1.29 is 9.53 Å². The Bertz CT molecular complexity index is 998. The van der Waals surface area contributed by atoms with Crippen LogP contribution in [0.15, 0.2) is 48.5 Å². The Balaban J connectivity index is 1.59. The third kappa shape index (κ3) is 6.61. The van der Waals surface area contributed by atoms with Crippen LogP contribution in [-0.4, -0.2) is 23.2 Å². The molecule has 0 saturated heterocycles. The summed E-state index contributed by atoms with van der Waals surface area (Å²) in [6.07, 6.45) is 1.09. The summed E-state index contributed by atoms with van der Waals surface area (Å²) in [6, 6.07) is 16.2. The van der Waals surface area contributed by atoms with Gasteiger partial charge < -0.3 is 15.4 Å². The van der Waals surface area contributed by atoms with Gasteiger partial charge >= 0.3 is 0 Å². The highest BCUT2D eigenvalue weighted by atomic mass is 32.1. The Kier molecular flexibility index (Phi) is 8.36. The van der Waals surface area contributed by atoms with Gasteiger partial charge in [-0.1, -0.05) is 63.3 Å². The first-order chi connectivity index (χ1) is 15.4. The van der Waals surface area contributed by atoms with E-state index in [9.17, 15) is 4.79 Å². The smallest absolute Gasteiger partial charge is 0.286 e. The number of nitrogens with one attached hydrogen (secondary N) is 2. The van der Waals surface area contributed by atoms with Gasteiger partial charge in [0, 0.05) is 11.7 Å². The molecule has 32 heavy (non-hydrogen) atoms. The maximum Gasteiger partial charge on any atom is 0.286 e. The largest absolute Gasteiger partial charge is 0.497 e. The van der Waals surface area contributed by atoms with E-state index in [2.05, 4.69) is 72.8 Å². The van der Waals surface area contributed by atoms with Gasteiger partial charge in [0.15, 0.2) is 0 Å². The molecule has 0 fully saturated rings. The van der Waals surface area contributed by atoms with E-state index >= 15 is 0 Å². The van der Waals surface area contributed by atoms with Crippen LogP contribution in [-0.2, 0) is 13.0 Å². The summed E-state index contributed by atoms with van der Waals surface area (Å²) in [5, 5.41) is 15.8. The van der Waals surface area contributed by atoms with Crippen molar-refractivity contribution in [3.63, 3.8) is 0 Å². The van der Waals surface area contributed by atoms with Gasteiger partial charge in [-0.2, -0.15) is 0 Å². The van der Waals surface area contributed by atoms with E-state index in [1.54, 1.807) is 31.4 Å². The lowest BCUT2D eigenvalue weighted by molar-refractivity contribution is 0.102. The van der Waals surface area contributed by atoms with Crippen molar-refractivity contribution in [2.24, 2.45) is 11.8 Å². The number of amides is 1. The molecule has 3 rings (SSSR count). The molecule has 0 saturated carbocycles. The second-order valence-corrected chi connectivity index (χ2v) is 9.69. The molecule has 1 heterocycles. The summed E-state index contributed by atoms with van der Waals surface area (Å²) >= 11 is 1.30. The molecule has 1 unspecified atom stereocenters. The average molecular weight is 453 g/mol. The van der Waals surface area contributed by atoms with Gasteiger partial charge in [0.25, 0.3) is 5.91 Å². The minimum Gasteiger partial charge on any atom is -0.497 e. The summed E-state index contributed by atoms with van der Waals surface area (Å²) in [7, 11) is 1.61. The standard InChI is InChI=1S/C25H32N4O2S/c1-16(2)14-18-6-8-19(9-7-18)23(17(3)4)26-15-22-28-29-25(32-22)24(30)27-20-10-12-21(31-5)13-11-20/h6-13,16-17,23,26H,14-15H2,1-5H3,(H,27,30). The number of ether oxygens (including phenoxy) is 1. The first-order valence-electron chi connectivity index (χ1n) is 11.0. The van der Waals surface area contributed by atoms with Gasteiger partial charge in [-0.05, 0) is 53.6 Å². The first kappa shape index (κ1) is 23.9. The Hall–Kier alpha value is -2.77. The van der Waals surface area contributed by atoms with Crippen LogP contribution >= 0.6 is 11.3 Å². The molecule has 0 radical (unpaired) electrons.